The largest absolute Gasteiger partial charge is 0.316 e. The number of nitrogens with one attached hydrogen (secondary N) is 2. The highest BCUT2D eigenvalue weighted by atomic mass is 35.5. The summed E-state index contributed by atoms with van der Waals surface area (Å²) in [6.45, 7) is 5.92. The molecule has 2 N–H and O–H groups in total. The van der Waals surface area contributed by atoms with Crippen LogP contribution in [0.3, 0.4) is 0 Å². The third-order valence-corrected chi connectivity index (χ3v) is 4.65. The summed E-state index contributed by atoms with van der Waals surface area (Å²) in [5, 5.41) is 7.08. The van der Waals surface area contributed by atoms with Crippen LogP contribution in [-0.2, 0) is 0 Å². The Morgan fingerprint density at radius 3 is 2.55 bits per heavy atom. The Kier molecular flexibility index (Phi) is 8.48. The molecule has 1 aromatic carbocycles. The normalized spacial score (nSPS) is 24.0. The van der Waals surface area contributed by atoms with Crippen molar-refractivity contribution in [3.05, 3.63) is 41.5 Å². The maximum Gasteiger partial charge on any atom is 0.0139 e. The highest BCUT2D eigenvalue weighted by Gasteiger charge is 2.38. The Morgan fingerprint density at radius 2 is 1.95 bits per heavy atom. The van der Waals surface area contributed by atoms with Gasteiger partial charge in [-0.2, -0.15) is 0 Å². The summed E-state index contributed by atoms with van der Waals surface area (Å²) in [6.07, 6.45) is 6.22. The van der Waals surface area contributed by atoms with Crippen LogP contribution < -0.4 is 10.6 Å². The van der Waals surface area contributed by atoms with E-state index in [9.17, 15) is 0 Å². The zero-order valence-electron chi connectivity index (χ0n) is 13.3. The van der Waals surface area contributed by atoms with Gasteiger partial charge in [0.2, 0.25) is 0 Å². The number of hydrogen-bond acceptors (Lipinski definition) is 2. The van der Waals surface area contributed by atoms with Crippen molar-refractivity contribution < 1.29 is 0 Å². The van der Waals surface area contributed by atoms with E-state index in [2.05, 4.69) is 54.0 Å². The molecule has 22 heavy (non-hydrogen) atoms. The lowest BCUT2D eigenvalue weighted by atomic mass is 9.99. The van der Waals surface area contributed by atoms with Gasteiger partial charge >= 0.3 is 0 Å². The van der Waals surface area contributed by atoms with Gasteiger partial charge in [0.05, 0.1) is 0 Å². The minimum Gasteiger partial charge on any atom is -0.316 e. The molecule has 124 valence electrons. The smallest absolute Gasteiger partial charge is 0.0139 e. The first-order valence-electron chi connectivity index (χ1n) is 8.06. The van der Waals surface area contributed by atoms with Crippen LogP contribution in [0.15, 0.2) is 35.9 Å². The fraction of sp³-hybridized carbons (Fsp3) is 0.556. The summed E-state index contributed by atoms with van der Waals surface area (Å²) in [4.78, 5) is 0. The Hall–Kier alpha value is -0.540. The van der Waals surface area contributed by atoms with E-state index in [1.807, 2.05) is 0 Å². The van der Waals surface area contributed by atoms with Crippen molar-refractivity contribution >= 4 is 30.9 Å². The second-order valence-corrected chi connectivity index (χ2v) is 6.20. The maximum absolute atomic E-state index is 3.74. The molecule has 1 unspecified atom stereocenters. The van der Waals surface area contributed by atoms with Gasteiger partial charge in [-0.05, 0) is 56.3 Å². The molecule has 1 aliphatic carbocycles. The first-order valence-corrected chi connectivity index (χ1v) is 8.06. The second-order valence-electron chi connectivity index (χ2n) is 6.20. The van der Waals surface area contributed by atoms with Crippen LogP contribution in [0.4, 0.5) is 0 Å². The molecule has 2 aliphatic rings. The van der Waals surface area contributed by atoms with Gasteiger partial charge in [-0.3, -0.25) is 0 Å². The Balaban J connectivity index is 0.00000121. The number of rotatable bonds is 7. The van der Waals surface area contributed by atoms with Gasteiger partial charge in [-0.25, -0.2) is 0 Å². The molecule has 3 rings (SSSR count). The SMILES string of the molecule is CCC(=Cc1ccccc1)[C@@H]1CC1NCCC1CNC1.Cl.Cl. The standard InChI is InChI=1S/C18H26N2.2ClH/c1-2-16(10-14-6-4-3-5-7-14)17-11-18(17)20-9-8-15-12-19-13-15;;/h3-7,10,15,17-20H,2,8-9,11-13H2,1H3;2*1H/t17-,18?;;/m0../s1. The molecule has 0 amide bonds. The molecular weight excluding hydrogens is 315 g/mol. The third kappa shape index (κ3) is 5.27. The molecule has 1 heterocycles. The lowest BCUT2D eigenvalue weighted by molar-refractivity contribution is 0.321. The van der Waals surface area contributed by atoms with E-state index in [0.717, 1.165) is 17.9 Å². The maximum atomic E-state index is 3.74. The highest BCUT2D eigenvalue weighted by Crippen LogP contribution is 2.39. The van der Waals surface area contributed by atoms with Crippen molar-refractivity contribution in [3.8, 4) is 0 Å². The van der Waals surface area contributed by atoms with Crippen LogP contribution >= 0.6 is 24.8 Å². The van der Waals surface area contributed by atoms with Crippen molar-refractivity contribution in [3.63, 3.8) is 0 Å². The molecule has 0 spiro atoms. The van der Waals surface area contributed by atoms with Crippen molar-refractivity contribution in [2.75, 3.05) is 19.6 Å². The molecule has 2 nitrogen and oxygen atoms in total. The quantitative estimate of drug-likeness (QED) is 0.784. The van der Waals surface area contributed by atoms with Crippen LogP contribution in [0.25, 0.3) is 6.08 Å². The van der Waals surface area contributed by atoms with E-state index in [0.29, 0.717) is 0 Å². The lowest BCUT2D eigenvalue weighted by Crippen LogP contribution is -2.43. The van der Waals surface area contributed by atoms with E-state index in [-0.39, 0.29) is 24.8 Å². The average Bonchev–Trinajstić information content (AvgIpc) is 3.19. The van der Waals surface area contributed by atoms with Crippen molar-refractivity contribution in [1.29, 1.82) is 0 Å². The zero-order valence-corrected chi connectivity index (χ0v) is 14.9. The first kappa shape index (κ1) is 19.5. The van der Waals surface area contributed by atoms with Crippen LogP contribution in [0.1, 0.15) is 31.7 Å². The molecule has 1 aromatic rings. The Bertz CT molecular complexity index is 457. The molecule has 1 saturated heterocycles. The molecular formula is C18H28Cl2N2. The first-order chi connectivity index (χ1) is 9.86. The zero-order chi connectivity index (χ0) is 13.8. The Morgan fingerprint density at radius 1 is 1.23 bits per heavy atom. The topological polar surface area (TPSA) is 24.1 Å². The van der Waals surface area contributed by atoms with Gasteiger partial charge in [-0.15, -0.1) is 24.8 Å². The van der Waals surface area contributed by atoms with Crippen LogP contribution in [-0.4, -0.2) is 25.7 Å². The molecule has 1 aliphatic heterocycles. The molecule has 0 aromatic heterocycles. The van der Waals surface area contributed by atoms with E-state index in [1.165, 1.54) is 44.5 Å². The summed E-state index contributed by atoms with van der Waals surface area (Å²) in [6, 6.07) is 11.5. The Labute approximate surface area is 147 Å². The molecule has 2 fully saturated rings. The van der Waals surface area contributed by atoms with Crippen molar-refractivity contribution in [2.45, 2.75) is 32.2 Å². The molecule has 0 bridgehead atoms. The highest BCUT2D eigenvalue weighted by molar-refractivity contribution is 5.85. The number of benzene rings is 1. The van der Waals surface area contributed by atoms with Crippen LogP contribution in [0, 0.1) is 11.8 Å². The molecule has 0 radical (unpaired) electrons. The summed E-state index contributed by atoms with van der Waals surface area (Å²) in [5.74, 6) is 1.70. The molecule has 1 saturated carbocycles. The van der Waals surface area contributed by atoms with Gasteiger partial charge in [0.25, 0.3) is 0 Å². The number of hydrogen-bond donors (Lipinski definition) is 2. The van der Waals surface area contributed by atoms with Gasteiger partial charge < -0.3 is 10.6 Å². The van der Waals surface area contributed by atoms with E-state index < -0.39 is 0 Å². The van der Waals surface area contributed by atoms with Crippen LogP contribution in [0.2, 0.25) is 0 Å². The molecule has 4 heteroatoms. The van der Waals surface area contributed by atoms with E-state index in [1.54, 1.807) is 5.57 Å². The summed E-state index contributed by atoms with van der Waals surface area (Å²) in [5.41, 5.74) is 2.95. The minimum absolute atomic E-state index is 0. The van der Waals surface area contributed by atoms with Crippen LogP contribution in [0.5, 0.6) is 0 Å². The summed E-state index contributed by atoms with van der Waals surface area (Å²) >= 11 is 0. The van der Waals surface area contributed by atoms with E-state index in [4.69, 9.17) is 0 Å². The van der Waals surface area contributed by atoms with Gasteiger partial charge in [0, 0.05) is 6.04 Å². The average molecular weight is 343 g/mol. The third-order valence-electron chi connectivity index (χ3n) is 4.65. The monoisotopic (exact) mass is 342 g/mol. The fourth-order valence-corrected chi connectivity index (χ4v) is 3.09. The van der Waals surface area contributed by atoms with Crippen molar-refractivity contribution in [2.24, 2.45) is 11.8 Å². The second kappa shape index (κ2) is 9.57. The minimum atomic E-state index is 0. The van der Waals surface area contributed by atoms with E-state index >= 15 is 0 Å². The van der Waals surface area contributed by atoms with Gasteiger partial charge in [0.1, 0.15) is 0 Å². The van der Waals surface area contributed by atoms with Gasteiger partial charge in [0.15, 0.2) is 0 Å². The summed E-state index contributed by atoms with van der Waals surface area (Å²) < 4.78 is 0. The van der Waals surface area contributed by atoms with Crippen molar-refractivity contribution in [1.82, 2.24) is 10.6 Å². The predicted molar refractivity (Wildman–Crippen MR) is 100 cm³/mol. The summed E-state index contributed by atoms with van der Waals surface area (Å²) in [7, 11) is 0. The van der Waals surface area contributed by atoms with Gasteiger partial charge in [-0.1, -0.05) is 48.9 Å². The molecule has 2 atom stereocenters. The number of halogens is 2. The predicted octanol–water partition coefficient (Wildman–Crippen LogP) is 3.91. The lowest BCUT2D eigenvalue weighted by Gasteiger charge is -2.27. The fourth-order valence-electron chi connectivity index (χ4n) is 3.09.